The lowest BCUT2D eigenvalue weighted by Crippen LogP contribution is -2.41. The van der Waals surface area contributed by atoms with Crippen molar-refractivity contribution in [2.24, 2.45) is 5.10 Å². The van der Waals surface area contributed by atoms with Crippen LogP contribution in [0.2, 0.25) is 0 Å². The molecule has 0 aliphatic heterocycles. The van der Waals surface area contributed by atoms with E-state index in [-0.39, 0.29) is 29.6 Å². The van der Waals surface area contributed by atoms with Gasteiger partial charge in [0.1, 0.15) is 42.8 Å². The molecule has 0 aromatic heterocycles. The van der Waals surface area contributed by atoms with Crippen molar-refractivity contribution in [2.45, 2.75) is 33.7 Å². The number of carbonyl (C=O) groups is 4. The number of hydrogen-bond donors (Lipinski definition) is 4. The lowest BCUT2D eigenvalue weighted by molar-refractivity contribution is 0.0591. The molecular weight excluding hydrogens is 805 g/mol. The molecule has 0 fully saturated rings. The predicted molar refractivity (Wildman–Crippen MR) is 234 cm³/mol. The number of rotatable bonds is 19. The summed E-state index contributed by atoms with van der Waals surface area (Å²) in [6.07, 6.45) is 0. The van der Waals surface area contributed by atoms with Crippen LogP contribution in [-0.2, 0) is 23.7 Å². The van der Waals surface area contributed by atoms with Gasteiger partial charge >= 0.3 is 11.9 Å². The number of nitrogens with one attached hydrogen (secondary N) is 3. The Morgan fingerprint density at radius 1 is 0.516 bits per heavy atom. The molecule has 17 heteroatoms. The molecule has 4 aromatic rings. The predicted octanol–water partition coefficient (Wildman–Crippen LogP) is 5.87. The van der Waals surface area contributed by atoms with E-state index < -0.39 is 5.97 Å². The van der Waals surface area contributed by atoms with Crippen LogP contribution in [0.3, 0.4) is 0 Å². The van der Waals surface area contributed by atoms with Gasteiger partial charge in [-0.2, -0.15) is 5.10 Å². The highest BCUT2D eigenvalue weighted by Crippen LogP contribution is 2.14. The zero-order valence-electron chi connectivity index (χ0n) is 36.9. The summed E-state index contributed by atoms with van der Waals surface area (Å²) >= 11 is 0. The molecule has 0 atom stereocenters. The summed E-state index contributed by atoms with van der Waals surface area (Å²) in [5.41, 5.74) is 10.8. The molecule has 0 bridgehead atoms. The van der Waals surface area contributed by atoms with Crippen LogP contribution in [0.5, 0.6) is 23.0 Å². The first-order valence-corrected chi connectivity index (χ1v) is 19.3. The monoisotopic (exact) mass is 864 g/mol. The van der Waals surface area contributed by atoms with Gasteiger partial charge in [-0.1, -0.05) is 0 Å². The number of ether oxygens (including phenoxy) is 8. The van der Waals surface area contributed by atoms with E-state index in [9.17, 15) is 19.2 Å². The molecule has 2 amide bonds. The minimum Gasteiger partial charge on any atom is -0.508 e. The van der Waals surface area contributed by atoms with Gasteiger partial charge in [0.15, 0.2) is 0 Å². The molecule has 0 spiro atoms. The zero-order valence-corrected chi connectivity index (χ0v) is 36.9. The van der Waals surface area contributed by atoms with E-state index in [1.54, 1.807) is 94.1 Å². The molecule has 62 heavy (non-hydrogen) atoms. The van der Waals surface area contributed by atoms with Gasteiger partial charge in [-0.15, -0.1) is 0 Å². The summed E-state index contributed by atoms with van der Waals surface area (Å²) < 4.78 is 39.8. The Balaban J connectivity index is 0.000000419. The number of phenols is 1. The molecule has 17 nitrogen and oxygen atoms in total. The van der Waals surface area contributed by atoms with Crippen molar-refractivity contribution in [2.75, 3.05) is 75.2 Å². The molecule has 0 unspecified atom stereocenters. The number of benzene rings is 4. The molecule has 0 radical (unpaired) electrons. The number of carbonyl (C=O) groups excluding carboxylic acids is 4. The fraction of sp³-hybridized carbons (Fsp3) is 0.356. The van der Waals surface area contributed by atoms with Gasteiger partial charge in [-0.25, -0.2) is 20.4 Å². The maximum absolute atomic E-state index is 11.7. The Bertz CT molecular complexity index is 1880. The van der Waals surface area contributed by atoms with E-state index >= 15 is 0 Å². The molecule has 0 saturated heterocycles. The standard InChI is InChI=1S/C13H20N2O3.C13H18N2O3.C11H14O4.C8H8O3/c2*1-10(2)14-15-13(16)11-4-6-12(7-5-11)18-9-8-17-3;1-13-7-8-15-10-5-3-9(4-6-10)11(12)14-2;1-11-8(10)6-2-4-7(9)5-3-6/h4-7,10,14H,8-9H2,1-3H3,(H,15,16);4-7H,8-9H2,1-3H3,(H,15,16);3-6H,7-8H2,1-2H3;2-5,9H,1H3. The lowest BCUT2D eigenvalue weighted by atomic mass is 10.2. The van der Waals surface area contributed by atoms with Gasteiger partial charge in [-0.3, -0.25) is 15.0 Å². The molecule has 4 aromatic carbocycles. The van der Waals surface area contributed by atoms with Gasteiger partial charge in [-0.05, 0) is 125 Å². The third-order valence-corrected chi connectivity index (χ3v) is 7.32. The second kappa shape index (κ2) is 32.3. The van der Waals surface area contributed by atoms with Crippen molar-refractivity contribution >= 4 is 29.5 Å². The summed E-state index contributed by atoms with van der Waals surface area (Å²) in [5.74, 6) is 1.13. The van der Waals surface area contributed by atoms with Crippen molar-refractivity contribution in [3.05, 3.63) is 119 Å². The van der Waals surface area contributed by atoms with Crippen molar-refractivity contribution in [3.8, 4) is 23.0 Å². The lowest BCUT2D eigenvalue weighted by Gasteiger charge is -2.10. The summed E-state index contributed by atoms with van der Waals surface area (Å²) in [4.78, 5) is 45.3. The number of hydrazone groups is 1. The highest BCUT2D eigenvalue weighted by atomic mass is 16.5. The van der Waals surface area contributed by atoms with Crippen LogP contribution < -0.4 is 30.5 Å². The smallest absolute Gasteiger partial charge is 0.337 e. The van der Waals surface area contributed by atoms with Gasteiger partial charge in [0.05, 0.1) is 45.2 Å². The molecule has 0 heterocycles. The molecule has 0 saturated carbocycles. The number of phenolic OH excluding ortho intramolecular Hbond substituents is 1. The first-order chi connectivity index (χ1) is 29.8. The highest BCUT2D eigenvalue weighted by molar-refractivity contribution is 5.95. The first-order valence-electron chi connectivity index (χ1n) is 19.3. The normalized spacial score (nSPS) is 9.84. The number of amides is 2. The van der Waals surface area contributed by atoms with Gasteiger partial charge in [0.2, 0.25) is 0 Å². The number of aromatic hydroxyl groups is 1. The maximum Gasteiger partial charge on any atom is 0.337 e. The van der Waals surface area contributed by atoms with E-state index in [4.69, 9.17) is 33.5 Å². The molecular formula is C45H60N4O13. The minimum atomic E-state index is -0.398. The Kier molecular flexibility index (Phi) is 27.8. The number of methoxy groups -OCH3 is 5. The van der Waals surface area contributed by atoms with E-state index in [1.165, 1.54) is 38.5 Å². The van der Waals surface area contributed by atoms with Crippen molar-refractivity contribution in [3.63, 3.8) is 0 Å². The van der Waals surface area contributed by atoms with Crippen LogP contribution in [0.25, 0.3) is 0 Å². The van der Waals surface area contributed by atoms with E-state index in [0.29, 0.717) is 73.4 Å². The van der Waals surface area contributed by atoms with E-state index in [0.717, 1.165) is 11.5 Å². The quantitative estimate of drug-likeness (QED) is 0.0376. The molecule has 0 aliphatic carbocycles. The van der Waals surface area contributed by atoms with Crippen LogP contribution in [0, 0.1) is 0 Å². The fourth-order valence-corrected chi connectivity index (χ4v) is 4.16. The second-order valence-electron chi connectivity index (χ2n) is 12.9. The number of hydrazine groups is 1. The maximum atomic E-state index is 11.7. The molecule has 4 N–H and O–H groups in total. The van der Waals surface area contributed by atoms with Crippen molar-refractivity contribution < 1.29 is 62.2 Å². The summed E-state index contributed by atoms with van der Waals surface area (Å²) in [7, 11) is 7.52. The SMILES string of the molecule is COC(=O)c1ccc(O)cc1.COCCOc1ccc(C(=O)NN=C(C)C)cc1.COCCOc1ccc(C(=O)NNC(C)C)cc1.COCCOc1ccc(C(=O)OC)cc1. The molecule has 4 rings (SSSR count). The van der Waals surface area contributed by atoms with Crippen molar-refractivity contribution in [1.29, 1.82) is 0 Å². The zero-order chi connectivity index (χ0) is 46.1. The first kappa shape index (κ1) is 53.5. The van der Waals surface area contributed by atoms with Crippen LogP contribution >= 0.6 is 0 Å². The van der Waals surface area contributed by atoms with Crippen LogP contribution in [0.15, 0.2) is 102 Å². The number of hydrogen-bond acceptors (Lipinski definition) is 15. The average molecular weight is 865 g/mol. The summed E-state index contributed by atoms with van der Waals surface area (Å²) in [6.45, 7) is 10.6. The highest BCUT2D eigenvalue weighted by Gasteiger charge is 2.07. The number of nitrogens with zero attached hydrogens (tertiary/aromatic N) is 1. The third kappa shape index (κ3) is 23.9. The Morgan fingerprint density at radius 2 is 0.855 bits per heavy atom. The van der Waals surface area contributed by atoms with E-state index in [1.807, 2.05) is 27.7 Å². The minimum absolute atomic E-state index is 0.137. The number of esters is 2. The Morgan fingerprint density at radius 3 is 1.18 bits per heavy atom. The Labute approximate surface area is 363 Å². The average Bonchev–Trinajstić information content (AvgIpc) is 3.28. The van der Waals surface area contributed by atoms with Crippen LogP contribution in [0.1, 0.15) is 69.1 Å². The molecule has 0 aliphatic rings. The van der Waals surface area contributed by atoms with E-state index in [2.05, 4.69) is 30.9 Å². The largest absolute Gasteiger partial charge is 0.508 e. The summed E-state index contributed by atoms with van der Waals surface area (Å²) in [5, 5.41) is 12.7. The van der Waals surface area contributed by atoms with Crippen LogP contribution in [0.4, 0.5) is 0 Å². The second-order valence-corrected chi connectivity index (χ2v) is 12.9. The van der Waals surface area contributed by atoms with Gasteiger partial charge in [0, 0.05) is 44.2 Å². The third-order valence-electron chi connectivity index (χ3n) is 7.32. The fourth-order valence-electron chi connectivity index (χ4n) is 4.16. The van der Waals surface area contributed by atoms with Crippen molar-refractivity contribution in [1.82, 2.24) is 16.3 Å². The van der Waals surface area contributed by atoms with Crippen LogP contribution in [-0.4, -0.2) is 116 Å². The van der Waals surface area contributed by atoms with Gasteiger partial charge < -0.3 is 43.0 Å². The van der Waals surface area contributed by atoms with Gasteiger partial charge in [0.25, 0.3) is 11.8 Å². The molecule has 338 valence electrons. The topological polar surface area (TPSA) is 211 Å². The Hall–Kier alpha value is -6.53. The summed E-state index contributed by atoms with van der Waals surface area (Å²) in [6, 6.07) is 26.7.